The van der Waals surface area contributed by atoms with Crippen molar-refractivity contribution in [1.29, 1.82) is 0 Å². The van der Waals surface area contributed by atoms with Gasteiger partial charge in [0, 0.05) is 17.6 Å². The fourth-order valence-corrected chi connectivity index (χ4v) is 5.83. The standard InChI is InChI=1S/C28H29N3OS/c1-27(32)18-28(29,19-27)23-14-12-21(13-15-23)24-25(22-10-6-3-7-11-22)33-26(31-24)30-17-16-20-8-4-2-5-9-20/h2-15,32H,16-19,29H2,1H3,(H,30,31)/t27-,28-. The summed E-state index contributed by atoms with van der Waals surface area (Å²) in [4.78, 5) is 6.13. The Morgan fingerprint density at radius 1 is 0.909 bits per heavy atom. The number of nitrogens with zero attached hydrogens (tertiary/aromatic N) is 1. The van der Waals surface area contributed by atoms with E-state index < -0.39 is 11.1 Å². The molecule has 3 aromatic carbocycles. The van der Waals surface area contributed by atoms with Gasteiger partial charge in [-0.2, -0.15) is 0 Å². The zero-order valence-electron chi connectivity index (χ0n) is 18.8. The number of benzene rings is 3. The maximum atomic E-state index is 10.2. The minimum atomic E-state index is -0.664. The van der Waals surface area contributed by atoms with Crippen LogP contribution in [0.1, 0.15) is 30.9 Å². The van der Waals surface area contributed by atoms with Crippen molar-refractivity contribution < 1.29 is 5.11 Å². The van der Waals surface area contributed by atoms with Crippen molar-refractivity contribution in [3.63, 3.8) is 0 Å². The topological polar surface area (TPSA) is 71.2 Å². The lowest BCUT2D eigenvalue weighted by Gasteiger charge is -2.49. The Morgan fingerprint density at radius 2 is 1.55 bits per heavy atom. The first-order chi connectivity index (χ1) is 15.9. The maximum absolute atomic E-state index is 10.2. The second-order valence-electron chi connectivity index (χ2n) is 9.31. The van der Waals surface area contributed by atoms with Crippen LogP contribution in [-0.2, 0) is 12.0 Å². The predicted octanol–water partition coefficient (Wildman–Crippen LogP) is 5.83. The number of rotatable bonds is 7. The quantitative estimate of drug-likeness (QED) is 0.328. The zero-order chi connectivity index (χ0) is 22.9. The number of nitrogens with one attached hydrogen (secondary N) is 1. The molecule has 0 atom stereocenters. The number of anilines is 1. The molecule has 0 bridgehead atoms. The van der Waals surface area contributed by atoms with Crippen LogP contribution < -0.4 is 11.1 Å². The molecule has 1 aromatic heterocycles. The summed E-state index contributed by atoms with van der Waals surface area (Å²) in [6.45, 7) is 2.68. The summed E-state index contributed by atoms with van der Waals surface area (Å²) < 4.78 is 0. The number of hydrogen-bond acceptors (Lipinski definition) is 5. The fraction of sp³-hybridized carbons (Fsp3) is 0.250. The lowest BCUT2D eigenvalue weighted by atomic mass is 9.63. The Balaban J connectivity index is 1.40. The van der Waals surface area contributed by atoms with Gasteiger partial charge in [0.25, 0.3) is 0 Å². The molecule has 168 valence electrons. The van der Waals surface area contributed by atoms with Crippen LogP contribution in [0.25, 0.3) is 21.7 Å². The molecule has 1 fully saturated rings. The zero-order valence-corrected chi connectivity index (χ0v) is 19.6. The second kappa shape index (κ2) is 8.75. The second-order valence-corrected chi connectivity index (χ2v) is 10.3. The van der Waals surface area contributed by atoms with Crippen molar-refractivity contribution in [2.24, 2.45) is 5.73 Å². The van der Waals surface area contributed by atoms with Gasteiger partial charge in [-0.05, 0) is 42.9 Å². The summed E-state index contributed by atoms with van der Waals surface area (Å²) in [5.74, 6) is 0. The lowest BCUT2D eigenvalue weighted by Crippen LogP contribution is -2.58. The van der Waals surface area contributed by atoms with Gasteiger partial charge < -0.3 is 16.2 Å². The van der Waals surface area contributed by atoms with Crippen LogP contribution in [0.5, 0.6) is 0 Å². The Bertz CT molecular complexity index is 1210. The monoisotopic (exact) mass is 455 g/mol. The molecule has 4 aromatic rings. The Labute approximate surface area is 199 Å². The Morgan fingerprint density at radius 3 is 2.18 bits per heavy atom. The summed E-state index contributed by atoms with van der Waals surface area (Å²) in [5, 5.41) is 14.6. The van der Waals surface area contributed by atoms with Crippen LogP contribution >= 0.6 is 11.3 Å². The van der Waals surface area contributed by atoms with Crippen molar-refractivity contribution in [3.8, 4) is 21.7 Å². The van der Waals surface area contributed by atoms with Gasteiger partial charge >= 0.3 is 0 Å². The Hall–Kier alpha value is -2.99. The SMILES string of the molecule is C[C@]1(O)C[C@@](N)(c2ccc(-c3nc(NCCc4ccccc4)sc3-c3ccccc3)cc2)C1. The van der Waals surface area contributed by atoms with Crippen molar-refractivity contribution in [1.82, 2.24) is 4.98 Å². The van der Waals surface area contributed by atoms with Gasteiger partial charge in [-0.1, -0.05) is 96.3 Å². The average Bonchev–Trinajstić information content (AvgIpc) is 3.23. The molecule has 33 heavy (non-hydrogen) atoms. The summed E-state index contributed by atoms with van der Waals surface area (Å²) >= 11 is 1.69. The van der Waals surface area contributed by atoms with Gasteiger partial charge in [0.05, 0.1) is 16.2 Å². The van der Waals surface area contributed by atoms with E-state index in [4.69, 9.17) is 10.7 Å². The van der Waals surface area contributed by atoms with Gasteiger partial charge in [0.15, 0.2) is 5.13 Å². The molecular weight excluding hydrogens is 426 g/mol. The molecule has 4 N–H and O–H groups in total. The highest BCUT2D eigenvalue weighted by Gasteiger charge is 2.49. The highest BCUT2D eigenvalue weighted by Crippen LogP contribution is 2.47. The summed E-state index contributed by atoms with van der Waals surface area (Å²) in [6, 6.07) is 29.3. The minimum Gasteiger partial charge on any atom is -0.390 e. The van der Waals surface area contributed by atoms with Gasteiger partial charge in [-0.15, -0.1) is 0 Å². The van der Waals surface area contributed by atoms with Crippen LogP contribution in [0.15, 0.2) is 84.9 Å². The largest absolute Gasteiger partial charge is 0.390 e. The average molecular weight is 456 g/mol. The van der Waals surface area contributed by atoms with E-state index in [1.807, 2.05) is 19.1 Å². The van der Waals surface area contributed by atoms with Crippen molar-refractivity contribution in [2.45, 2.75) is 37.3 Å². The third-order valence-electron chi connectivity index (χ3n) is 6.32. The van der Waals surface area contributed by atoms with E-state index in [2.05, 4.69) is 78.1 Å². The molecule has 0 aliphatic heterocycles. The first-order valence-corrected chi connectivity index (χ1v) is 12.2. The van der Waals surface area contributed by atoms with E-state index in [0.717, 1.165) is 45.4 Å². The maximum Gasteiger partial charge on any atom is 0.183 e. The normalized spacial score (nSPS) is 22.0. The molecule has 1 aliphatic rings. The molecule has 0 unspecified atom stereocenters. The highest BCUT2D eigenvalue weighted by atomic mass is 32.1. The number of thiazole rings is 1. The summed E-state index contributed by atoms with van der Waals surface area (Å²) in [6.07, 6.45) is 2.12. The van der Waals surface area contributed by atoms with Crippen LogP contribution in [0.4, 0.5) is 5.13 Å². The van der Waals surface area contributed by atoms with Gasteiger partial charge in [-0.25, -0.2) is 4.98 Å². The molecule has 0 saturated heterocycles. The smallest absolute Gasteiger partial charge is 0.183 e. The van der Waals surface area contributed by atoms with E-state index in [0.29, 0.717) is 12.8 Å². The van der Waals surface area contributed by atoms with Crippen molar-refractivity contribution in [3.05, 3.63) is 96.1 Å². The van der Waals surface area contributed by atoms with E-state index >= 15 is 0 Å². The number of nitrogens with two attached hydrogens (primary N) is 1. The van der Waals surface area contributed by atoms with Crippen molar-refractivity contribution in [2.75, 3.05) is 11.9 Å². The molecular formula is C28H29N3OS. The van der Waals surface area contributed by atoms with Gasteiger partial charge in [0.2, 0.25) is 0 Å². The molecule has 0 amide bonds. The van der Waals surface area contributed by atoms with Crippen LogP contribution in [0.2, 0.25) is 0 Å². The molecule has 4 nitrogen and oxygen atoms in total. The highest BCUT2D eigenvalue weighted by molar-refractivity contribution is 7.19. The first-order valence-electron chi connectivity index (χ1n) is 11.4. The molecule has 0 spiro atoms. The molecule has 0 radical (unpaired) electrons. The van der Waals surface area contributed by atoms with E-state index in [-0.39, 0.29) is 0 Å². The van der Waals surface area contributed by atoms with Crippen molar-refractivity contribution >= 4 is 16.5 Å². The molecule has 1 heterocycles. The van der Waals surface area contributed by atoms with Crippen LogP contribution in [0.3, 0.4) is 0 Å². The summed E-state index contributed by atoms with van der Waals surface area (Å²) in [5.41, 5.74) is 11.0. The number of aliphatic hydroxyl groups is 1. The van der Waals surface area contributed by atoms with E-state index in [9.17, 15) is 5.11 Å². The van der Waals surface area contributed by atoms with Crippen LogP contribution in [-0.4, -0.2) is 22.2 Å². The fourth-order valence-electron chi connectivity index (χ4n) is 4.81. The van der Waals surface area contributed by atoms with E-state index in [1.165, 1.54) is 5.56 Å². The third-order valence-corrected chi connectivity index (χ3v) is 7.38. The molecule has 1 aliphatic carbocycles. The molecule has 5 heteroatoms. The lowest BCUT2D eigenvalue weighted by molar-refractivity contribution is -0.0738. The van der Waals surface area contributed by atoms with E-state index in [1.54, 1.807) is 11.3 Å². The minimum absolute atomic E-state index is 0.448. The van der Waals surface area contributed by atoms with Gasteiger partial charge in [0.1, 0.15) is 0 Å². The molecule has 5 rings (SSSR count). The summed E-state index contributed by atoms with van der Waals surface area (Å²) in [7, 11) is 0. The van der Waals surface area contributed by atoms with Gasteiger partial charge in [-0.3, -0.25) is 0 Å². The number of hydrogen-bond donors (Lipinski definition) is 3. The third kappa shape index (κ3) is 4.71. The number of aromatic nitrogens is 1. The first kappa shape index (κ1) is 21.8. The molecule has 1 saturated carbocycles. The Kier molecular flexibility index (Phi) is 5.79. The predicted molar refractivity (Wildman–Crippen MR) is 137 cm³/mol. The van der Waals surface area contributed by atoms with Crippen LogP contribution in [0, 0.1) is 0 Å².